The van der Waals surface area contributed by atoms with Gasteiger partial charge < -0.3 is 10.1 Å². The summed E-state index contributed by atoms with van der Waals surface area (Å²) in [6.45, 7) is 0. The van der Waals surface area contributed by atoms with Gasteiger partial charge in [-0.1, -0.05) is 0 Å². The molecule has 2 aromatic carbocycles. The number of hydrogen-bond acceptors (Lipinski definition) is 5. The first-order chi connectivity index (χ1) is 10.8. The van der Waals surface area contributed by atoms with Gasteiger partial charge in [0.1, 0.15) is 0 Å². The van der Waals surface area contributed by atoms with E-state index in [2.05, 4.69) is 10.1 Å². The Bertz CT molecular complexity index is 827. The van der Waals surface area contributed by atoms with Gasteiger partial charge in [-0.3, -0.25) is 4.79 Å². The normalized spacial score (nSPS) is 10.9. The van der Waals surface area contributed by atoms with Crippen LogP contribution in [0.2, 0.25) is 0 Å². The molecule has 0 spiro atoms. The number of hydrogen-bond donors (Lipinski definition) is 2. The number of esters is 1. The van der Waals surface area contributed by atoms with Crippen LogP contribution in [0.4, 0.5) is 5.69 Å². The van der Waals surface area contributed by atoms with Gasteiger partial charge in [0.15, 0.2) is 0 Å². The molecule has 0 radical (unpaired) electrons. The molecular weight excluding hydrogens is 320 g/mol. The molecule has 0 aliphatic heterocycles. The van der Waals surface area contributed by atoms with Gasteiger partial charge in [-0.05, 0) is 48.5 Å². The Morgan fingerprint density at radius 3 is 1.96 bits per heavy atom. The first-order valence-electron chi connectivity index (χ1n) is 6.44. The molecule has 0 saturated carbocycles. The van der Waals surface area contributed by atoms with Crippen LogP contribution in [0.5, 0.6) is 0 Å². The van der Waals surface area contributed by atoms with Crippen molar-refractivity contribution >= 4 is 27.6 Å². The molecule has 0 atom stereocenters. The van der Waals surface area contributed by atoms with Crippen molar-refractivity contribution in [3.8, 4) is 0 Å². The summed E-state index contributed by atoms with van der Waals surface area (Å²) in [6, 6.07) is 11.4. The van der Waals surface area contributed by atoms with E-state index in [1.54, 1.807) is 0 Å². The van der Waals surface area contributed by atoms with Crippen LogP contribution < -0.4 is 10.5 Å². The topological polar surface area (TPSA) is 116 Å². The minimum absolute atomic E-state index is 0.0436. The van der Waals surface area contributed by atoms with E-state index in [-0.39, 0.29) is 4.90 Å². The Labute approximate surface area is 133 Å². The van der Waals surface area contributed by atoms with Crippen LogP contribution in [-0.4, -0.2) is 27.4 Å². The summed E-state index contributed by atoms with van der Waals surface area (Å²) in [5, 5.41) is 7.61. The maximum Gasteiger partial charge on any atom is 0.337 e. The van der Waals surface area contributed by atoms with E-state index >= 15 is 0 Å². The van der Waals surface area contributed by atoms with Gasteiger partial charge in [0.05, 0.1) is 17.6 Å². The van der Waals surface area contributed by atoms with Crippen LogP contribution in [0, 0.1) is 0 Å². The number of anilines is 1. The third-order valence-corrected chi connectivity index (χ3v) is 3.94. The summed E-state index contributed by atoms with van der Waals surface area (Å²) in [5.74, 6) is -0.889. The van der Waals surface area contributed by atoms with E-state index in [9.17, 15) is 18.0 Å². The molecule has 0 aromatic heterocycles. The highest BCUT2D eigenvalue weighted by Crippen LogP contribution is 2.14. The average molecular weight is 334 g/mol. The summed E-state index contributed by atoms with van der Waals surface area (Å²) in [6.07, 6.45) is 0. The number of rotatable bonds is 4. The lowest BCUT2D eigenvalue weighted by atomic mass is 10.1. The number of amides is 1. The summed E-state index contributed by atoms with van der Waals surface area (Å²) in [4.78, 5) is 23.3. The Hall–Kier alpha value is -2.71. The lowest BCUT2D eigenvalue weighted by molar-refractivity contribution is 0.0600. The van der Waals surface area contributed by atoms with E-state index in [4.69, 9.17) is 5.14 Å². The Kier molecular flexibility index (Phi) is 4.77. The number of methoxy groups -OCH3 is 1. The predicted molar refractivity (Wildman–Crippen MR) is 83.5 cm³/mol. The van der Waals surface area contributed by atoms with Crippen LogP contribution in [0.3, 0.4) is 0 Å². The number of sulfonamides is 1. The fourth-order valence-corrected chi connectivity index (χ4v) is 2.32. The van der Waals surface area contributed by atoms with E-state index in [1.807, 2.05) is 0 Å². The standard InChI is InChI=1S/C15H14N2O5S/c1-22-15(19)11-4-2-10(3-5-11)14(18)17-12-6-8-13(9-7-12)23(16,20)21/h2-9H,1H3,(H,17,18)(H2,16,20,21). The van der Waals surface area contributed by atoms with E-state index in [0.29, 0.717) is 16.8 Å². The summed E-state index contributed by atoms with van der Waals surface area (Å²) >= 11 is 0. The molecule has 23 heavy (non-hydrogen) atoms. The van der Waals surface area contributed by atoms with E-state index in [0.717, 1.165) is 0 Å². The first-order valence-corrected chi connectivity index (χ1v) is 7.98. The molecule has 0 fully saturated rings. The second-order valence-electron chi connectivity index (χ2n) is 4.59. The van der Waals surface area contributed by atoms with Crippen LogP contribution in [0.15, 0.2) is 53.4 Å². The molecule has 7 nitrogen and oxygen atoms in total. The lowest BCUT2D eigenvalue weighted by Crippen LogP contribution is -2.14. The zero-order valence-electron chi connectivity index (χ0n) is 12.1. The third-order valence-electron chi connectivity index (χ3n) is 3.01. The van der Waals surface area contributed by atoms with Crippen molar-refractivity contribution in [2.24, 2.45) is 5.14 Å². The zero-order valence-corrected chi connectivity index (χ0v) is 13.0. The molecule has 0 unspecified atom stereocenters. The molecule has 0 bridgehead atoms. The molecule has 0 aliphatic rings. The van der Waals surface area contributed by atoms with Gasteiger partial charge in [0.25, 0.3) is 5.91 Å². The molecule has 0 heterocycles. The van der Waals surface area contributed by atoms with Crippen molar-refractivity contribution < 1.29 is 22.7 Å². The fourth-order valence-electron chi connectivity index (χ4n) is 1.81. The van der Waals surface area contributed by atoms with Crippen molar-refractivity contribution in [2.45, 2.75) is 4.90 Å². The monoisotopic (exact) mass is 334 g/mol. The van der Waals surface area contributed by atoms with Crippen molar-refractivity contribution in [1.29, 1.82) is 0 Å². The number of nitrogens with two attached hydrogens (primary N) is 1. The van der Waals surface area contributed by atoms with Crippen molar-refractivity contribution in [2.75, 3.05) is 12.4 Å². The number of carbonyl (C=O) groups is 2. The summed E-state index contributed by atoms with van der Waals surface area (Å²) in [7, 11) is -2.50. The maximum absolute atomic E-state index is 12.1. The van der Waals surface area contributed by atoms with E-state index < -0.39 is 21.9 Å². The fraction of sp³-hybridized carbons (Fsp3) is 0.0667. The molecule has 0 saturated heterocycles. The molecule has 2 aromatic rings. The minimum atomic E-state index is -3.77. The maximum atomic E-state index is 12.1. The third kappa shape index (κ3) is 4.15. The van der Waals surface area contributed by atoms with Gasteiger partial charge in [-0.2, -0.15) is 0 Å². The molecule has 1 amide bonds. The van der Waals surface area contributed by atoms with Gasteiger partial charge in [-0.25, -0.2) is 18.4 Å². The number of carbonyl (C=O) groups excluding carboxylic acids is 2. The Balaban J connectivity index is 2.11. The van der Waals surface area contributed by atoms with Crippen LogP contribution >= 0.6 is 0 Å². The molecule has 0 aliphatic carbocycles. The SMILES string of the molecule is COC(=O)c1ccc(C(=O)Nc2ccc(S(N)(=O)=O)cc2)cc1. The van der Waals surface area contributed by atoms with Gasteiger partial charge in [0, 0.05) is 11.3 Å². The molecule has 2 rings (SSSR count). The first kappa shape index (κ1) is 16.7. The molecule has 8 heteroatoms. The highest BCUT2D eigenvalue weighted by molar-refractivity contribution is 7.89. The van der Waals surface area contributed by atoms with E-state index in [1.165, 1.54) is 55.6 Å². The smallest absolute Gasteiger partial charge is 0.337 e. The average Bonchev–Trinajstić information content (AvgIpc) is 2.54. The lowest BCUT2D eigenvalue weighted by Gasteiger charge is -2.06. The molecular formula is C15H14N2O5S. The predicted octanol–water partition coefficient (Wildman–Crippen LogP) is 1.37. The summed E-state index contributed by atoms with van der Waals surface area (Å²) < 4.78 is 26.9. The van der Waals surface area contributed by atoms with Gasteiger partial charge in [0.2, 0.25) is 10.0 Å². The molecule has 3 N–H and O–H groups in total. The Morgan fingerprint density at radius 1 is 0.957 bits per heavy atom. The quantitative estimate of drug-likeness (QED) is 0.819. The number of ether oxygens (including phenoxy) is 1. The minimum Gasteiger partial charge on any atom is -0.465 e. The highest BCUT2D eigenvalue weighted by Gasteiger charge is 2.11. The van der Waals surface area contributed by atoms with Crippen LogP contribution in [0.1, 0.15) is 20.7 Å². The second kappa shape index (κ2) is 6.59. The molecule has 120 valence electrons. The Morgan fingerprint density at radius 2 is 1.48 bits per heavy atom. The number of primary sulfonamides is 1. The highest BCUT2D eigenvalue weighted by atomic mass is 32.2. The summed E-state index contributed by atoms with van der Waals surface area (Å²) in [5.41, 5.74) is 1.09. The van der Waals surface area contributed by atoms with Crippen LogP contribution in [0.25, 0.3) is 0 Å². The van der Waals surface area contributed by atoms with Crippen molar-refractivity contribution in [3.05, 3.63) is 59.7 Å². The zero-order chi connectivity index (χ0) is 17.0. The van der Waals surface area contributed by atoms with Gasteiger partial charge >= 0.3 is 5.97 Å². The van der Waals surface area contributed by atoms with Crippen molar-refractivity contribution in [1.82, 2.24) is 0 Å². The van der Waals surface area contributed by atoms with Crippen LogP contribution in [-0.2, 0) is 14.8 Å². The second-order valence-corrected chi connectivity index (χ2v) is 6.15. The number of benzene rings is 2. The van der Waals surface area contributed by atoms with Gasteiger partial charge in [-0.15, -0.1) is 0 Å². The number of nitrogens with one attached hydrogen (secondary N) is 1. The largest absolute Gasteiger partial charge is 0.465 e. The van der Waals surface area contributed by atoms with Crippen molar-refractivity contribution in [3.63, 3.8) is 0 Å².